The molecule has 1 saturated heterocycles. The molecule has 1 atom stereocenters. The van der Waals surface area contributed by atoms with Gasteiger partial charge in [-0.3, -0.25) is 4.90 Å². The predicted molar refractivity (Wildman–Crippen MR) is 75.2 cm³/mol. The van der Waals surface area contributed by atoms with Crippen LogP contribution < -0.4 is 10.2 Å². The lowest BCUT2D eigenvalue weighted by atomic mass is 10.1. The molecule has 1 aromatic rings. The molecular formula is C13H23N5. The zero-order chi connectivity index (χ0) is 13.1. The van der Waals surface area contributed by atoms with Gasteiger partial charge in [-0.2, -0.15) is 0 Å². The third-order valence-electron chi connectivity index (χ3n) is 3.65. The lowest BCUT2D eigenvalue weighted by Gasteiger charge is -2.39. The molecule has 1 aromatic heterocycles. The minimum atomic E-state index is 0.618. The molecule has 1 aliphatic rings. The molecule has 5 nitrogen and oxygen atoms in total. The van der Waals surface area contributed by atoms with Crippen molar-refractivity contribution in [1.29, 1.82) is 0 Å². The van der Waals surface area contributed by atoms with E-state index in [4.69, 9.17) is 0 Å². The Morgan fingerprint density at radius 2 is 2.17 bits per heavy atom. The van der Waals surface area contributed by atoms with Crippen LogP contribution in [0.2, 0.25) is 0 Å². The molecular weight excluding hydrogens is 226 g/mol. The second-order valence-electron chi connectivity index (χ2n) is 4.90. The summed E-state index contributed by atoms with van der Waals surface area (Å²) in [6.45, 7) is 7.36. The van der Waals surface area contributed by atoms with Gasteiger partial charge in [0.1, 0.15) is 17.5 Å². The van der Waals surface area contributed by atoms with Crippen LogP contribution in [0.25, 0.3) is 0 Å². The Labute approximate surface area is 109 Å². The third-order valence-corrected chi connectivity index (χ3v) is 3.65. The standard InChI is InChI=1S/C13H23N5/c1-5-11-9-18(7-6-17(11)4)13-8-12(14-3)15-10(2)16-13/h8,11H,5-7,9H2,1-4H3,(H,14,15,16). The highest BCUT2D eigenvalue weighted by atomic mass is 15.3. The predicted octanol–water partition coefficient (Wildman–Crippen LogP) is 1.36. The van der Waals surface area contributed by atoms with Crippen molar-refractivity contribution < 1.29 is 0 Å². The zero-order valence-electron chi connectivity index (χ0n) is 11.8. The van der Waals surface area contributed by atoms with Crippen molar-refractivity contribution in [2.24, 2.45) is 0 Å². The number of anilines is 2. The summed E-state index contributed by atoms with van der Waals surface area (Å²) in [6, 6.07) is 2.65. The van der Waals surface area contributed by atoms with Crippen LogP contribution >= 0.6 is 0 Å². The van der Waals surface area contributed by atoms with Crippen molar-refractivity contribution in [1.82, 2.24) is 14.9 Å². The van der Waals surface area contributed by atoms with E-state index in [1.165, 1.54) is 6.42 Å². The molecule has 0 amide bonds. The molecule has 0 spiro atoms. The van der Waals surface area contributed by atoms with Crippen molar-refractivity contribution in [3.63, 3.8) is 0 Å². The second-order valence-corrected chi connectivity index (χ2v) is 4.90. The van der Waals surface area contributed by atoms with Gasteiger partial charge < -0.3 is 10.2 Å². The summed E-state index contributed by atoms with van der Waals surface area (Å²) in [7, 11) is 4.10. The zero-order valence-corrected chi connectivity index (χ0v) is 11.8. The number of likely N-dealkylation sites (N-methyl/N-ethyl adjacent to an activating group) is 1. The van der Waals surface area contributed by atoms with Crippen molar-refractivity contribution in [3.8, 4) is 0 Å². The molecule has 18 heavy (non-hydrogen) atoms. The highest BCUT2D eigenvalue weighted by molar-refractivity contribution is 5.49. The van der Waals surface area contributed by atoms with Gasteiger partial charge in [-0.1, -0.05) is 6.92 Å². The Kier molecular flexibility index (Phi) is 4.01. The maximum atomic E-state index is 4.56. The van der Waals surface area contributed by atoms with Gasteiger partial charge in [-0.25, -0.2) is 9.97 Å². The van der Waals surface area contributed by atoms with Gasteiger partial charge in [0, 0.05) is 38.8 Å². The van der Waals surface area contributed by atoms with E-state index in [0.717, 1.165) is 37.1 Å². The number of hydrogen-bond acceptors (Lipinski definition) is 5. The summed E-state index contributed by atoms with van der Waals surface area (Å²) in [5, 5.41) is 3.09. The average molecular weight is 249 g/mol. The topological polar surface area (TPSA) is 44.3 Å². The number of hydrogen-bond donors (Lipinski definition) is 1. The van der Waals surface area contributed by atoms with Crippen LogP contribution in [0.4, 0.5) is 11.6 Å². The van der Waals surface area contributed by atoms with E-state index in [1.54, 1.807) is 0 Å². The number of aromatic nitrogens is 2. The Balaban J connectivity index is 2.18. The lowest BCUT2D eigenvalue weighted by molar-refractivity contribution is 0.213. The quantitative estimate of drug-likeness (QED) is 0.876. The highest BCUT2D eigenvalue weighted by Gasteiger charge is 2.24. The van der Waals surface area contributed by atoms with Gasteiger partial charge in [0.25, 0.3) is 0 Å². The molecule has 0 bridgehead atoms. The van der Waals surface area contributed by atoms with E-state index in [9.17, 15) is 0 Å². The molecule has 5 heteroatoms. The highest BCUT2D eigenvalue weighted by Crippen LogP contribution is 2.20. The van der Waals surface area contributed by atoms with E-state index in [-0.39, 0.29) is 0 Å². The fourth-order valence-electron chi connectivity index (χ4n) is 2.44. The summed E-state index contributed by atoms with van der Waals surface area (Å²) in [6.07, 6.45) is 1.18. The third kappa shape index (κ3) is 2.72. The summed E-state index contributed by atoms with van der Waals surface area (Å²) >= 11 is 0. The lowest BCUT2D eigenvalue weighted by Crippen LogP contribution is -2.51. The molecule has 2 heterocycles. The monoisotopic (exact) mass is 249 g/mol. The molecule has 1 fully saturated rings. The van der Waals surface area contributed by atoms with Crippen LogP contribution in [0.1, 0.15) is 19.2 Å². The summed E-state index contributed by atoms with van der Waals surface area (Å²) in [4.78, 5) is 13.7. The first kappa shape index (κ1) is 13.1. The minimum absolute atomic E-state index is 0.618. The van der Waals surface area contributed by atoms with Crippen LogP contribution in [-0.2, 0) is 0 Å². The van der Waals surface area contributed by atoms with E-state index < -0.39 is 0 Å². The van der Waals surface area contributed by atoms with Gasteiger partial charge in [0.05, 0.1) is 0 Å². The van der Waals surface area contributed by atoms with Crippen molar-refractivity contribution in [2.75, 3.05) is 43.9 Å². The first-order valence-corrected chi connectivity index (χ1v) is 6.62. The Hall–Kier alpha value is -1.36. The van der Waals surface area contributed by atoms with Crippen LogP contribution in [0, 0.1) is 6.92 Å². The number of rotatable bonds is 3. The maximum absolute atomic E-state index is 4.56. The first-order chi connectivity index (χ1) is 8.63. The van der Waals surface area contributed by atoms with Crippen LogP contribution in [0.5, 0.6) is 0 Å². The van der Waals surface area contributed by atoms with Gasteiger partial charge >= 0.3 is 0 Å². The Morgan fingerprint density at radius 3 is 2.83 bits per heavy atom. The van der Waals surface area contributed by atoms with E-state index >= 15 is 0 Å². The molecule has 0 saturated carbocycles. The maximum Gasteiger partial charge on any atom is 0.134 e. The van der Waals surface area contributed by atoms with Crippen molar-refractivity contribution >= 4 is 11.6 Å². The SMILES string of the molecule is CCC1CN(c2cc(NC)nc(C)n2)CCN1C. The van der Waals surface area contributed by atoms with Gasteiger partial charge in [0.2, 0.25) is 0 Å². The Morgan fingerprint density at radius 1 is 1.39 bits per heavy atom. The first-order valence-electron chi connectivity index (χ1n) is 6.62. The smallest absolute Gasteiger partial charge is 0.134 e. The largest absolute Gasteiger partial charge is 0.373 e. The van der Waals surface area contributed by atoms with Gasteiger partial charge in [0.15, 0.2) is 0 Å². The van der Waals surface area contributed by atoms with E-state index in [0.29, 0.717) is 6.04 Å². The molecule has 1 unspecified atom stereocenters. The summed E-state index contributed by atoms with van der Waals surface area (Å²) in [5.41, 5.74) is 0. The second kappa shape index (κ2) is 5.52. The van der Waals surface area contributed by atoms with Crippen LogP contribution in [0.15, 0.2) is 6.07 Å². The van der Waals surface area contributed by atoms with Crippen LogP contribution in [0.3, 0.4) is 0 Å². The summed E-state index contributed by atoms with van der Waals surface area (Å²) in [5.74, 6) is 2.76. The molecule has 0 aromatic carbocycles. The molecule has 1 aliphatic heterocycles. The molecule has 2 rings (SSSR count). The van der Waals surface area contributed by atoms with Gasteiger partial charge in [-0.05, 0) is 20.4 Å². The van der Waals surface area contributed by atoms with Crippen molar-refractivity contribution in [2.45, 2.75) is 26.3 Å². The normalized spacial score (nSPS) is 21.1. The van der Waals surface area contributed by atoms with Gasteiger partial charge in [-0.15, -0.1) is 0 Å². The number of nitrogens with one attached hydrogen (secondary N) is 1. The molecule has 1 N–H and O–H groups in total. The Bertz CT molecular complexity index is 406. The average Bonchev–Trinajstić information content (AvgIpc) is 2.38. The fraction of sp³-hybridized carbons (Fsp3) is 0.692. The van der Waals surface area contributed by atoms with E-state index in [1.807, 2.05) is 20.0 Å². The van der Waals surface area contributed by atoms with E-state index in [2.05, 4.69) is 39.1 Å². The number of nitrogens with zero attached hydrogens (tertiary/aromatic N) is 4. The molecule has 0 aliphatic carbocycles. The number of aryl methyl sites for hydroxylation is 1. The fourth-order valence-corrected chi connectivity index (χ4v) is 2.44. The minimum Gasteiger partial charge on any atom is -0.373 e. The van der Waals surface area contributed by atoms with Crippen LogP contribution in [-0.4, -0.2) is 54.6 Å². The molecule has 0 radical (unpaired) electrons. The van der Waals surface area contributed by atoms with Crippen molar-refractivity contribution in [3.05, 3.63) is 11.9 Å². The summed E-state index contributed by atoms with van der Waals surface area (Å²) < 4.78 is 0. The number of piperazine rings is 1. The molecule has 100 valence electrons.